The minimum atomic E-state index is -5.05. The molecule has 0 atom stereocenters. The number of nitrogen functional groups attached to an aromatic ring is 4. The largest absolute Gasteiger partial charge is 0.496 e. The van der Waals surface area contributed by atoms with E-state index < -0.39 is 29.5 Å². The number of nitrogens with one attached hydrogen (secondary N) is 4. The van der Waals surface area contributed by atoms with Crippen LogP contribution >= 0.6 is 58.0 Å². The first-order valence-electron chi connectivity index (χ1n) is 41.0. The molecule has 0 spiro atoms. The molecule has 4 amide bonds. The van der Waals surface area contributed by atoms with Gasteiger partial charge in [0, 0.05) is 121 Å². The number of fused-ring (bicyclic) bond motifs is 5. The Labute approximate surface area is 788 Å². The normalized spacial score (nSPS) is 14.8. The van der Waals surface area contributed by atoms with Crippen LogP contribution in [0, 0.1) is 69.2 Å². The van der Waals surface area contributed by atoms with Gasteiger partial charge in [-0.1, -0.05) is 64.1 Å². The van der Waals surface area contributed by atoms with E-state index in [9.17, 15) is 41.9 Å². The third kappa shape index (κ3) is 18.5. The minimum absolute atomic E-state index is 0.00107. The molecule has 17 rings (SSSR count). The Kier molecular flexibility index (Phi) is 27.6. The lowest BCUT2D eigenvalue weighted by atomic mass is 10.0. The molecule has 5 aliphatic rings. The second-order valence-electron chi connectivity index (χ2n) is 31.1. The van der Waals surface area contributed by atoms with Crippen LogP contribution in [-0.2, 0) is 56.5 Å². The molecule has 0 radical (unpaired) electrons. The highest BCUT2D eigenvalue weighted by atomic mass is 35.5. The number of ether oxygens (including phenoxy) is 5. The summed E-state index contributed by atoms with van der Waals surface area (Å²) in [6.07, 6.45) is 15.2. The van der Waals surface area contributed by atoms with Gasteiger partial charge in [-0.25, -0.2) is 24.7 Å². The summed E-state index contributed by atoms with van der Waals surface area (Å²) in [4.78, 5) is 147. The van der Waals surface area contributed by atoms with Crippen molar-refractivity contribution in [3.05, 3.63) is 234 Å². The summed E-state index contributed by atoms with van der Waals surface area (Å²) in [5.41, 5.74) is 40.6. The molecule has 43 heteroatoms. The number of aromatic amines is 4. The summed E-state index contributed by atoms with van der Waals surface area (Å²) in [6, 6.07) is 5.92. The summed E-state index contributed by atoms with van der Waals surface area (Å²) in [7, 11) is 6.34. The van der Waals surface area contributed by atoms with E-state index in [1.165, 1.54) is 38.9 Å². The van der Waals surface area contributed by atoms with E-state index >= 15 is 0 Å². The van der Waals surface area contributed by atoms with Gasteiger partial charge in [0.1, 0.15) is 43.6 Å². The molecule has 4 aliphatic heterocycles. The fourth-order valence-electron chi connectivity index (χ4n) is 16.2. The number of hydrogen-bond donors (Lipinski definition) is 8. The number of nitrogens with two attached hydrogens (primary N) is 4. The van der Waals surface area contributed by atoms with Crippen LogP contribution in [0.2, 0.25) is 20.6 Å². The predicted octanol–water partition coefficient (Wildman–Crippen LogP) is 15.7. The topological polar surface area (TPSA) is 483 Å². The summed E-state index contributed by atoms with van der Waals surface area (Å²) in [6.45, 7) is 21.3. The number of carbonyl (C=O) groups excluding carboxylic acids is 6. The molecular weight excluding hydrogens is 1840 g/mol. The first-order chi connectivity index (χ1) is 63.7. The number of pyridine rings is 4. The molecule has 0 bridgehead atoms. The van der Waals surface area contributed by atoms with Gasteiger partial charge in [-0.3, -0.25) is 63.5 Å². The Morgan fingerprint density at radius 2 is 0.813 bits per heavy atom. The molecule has 12 aromatic rings. The molecular formula is C91H86Cl5F3N24O11. The third-order valence-electron chi connectivity index (χ3n) is 22.7. The zero-order chi connectivity index (χ0) is 96.8. The lowest BCUT2D eigenvalue weighted by Gasteiger charge is -2.19. The Bertz CT molecular complexity index is 7020. The van der Waals surface area contributed by atoms with E-state index in [0.717, 1.165) is 97.6 Å². The third-order valence-corrected chi connectivity index (χ3v) is 24.1. The van der Waals surface area contributed by atoms with Gasteiger partial charge in [0.25, 0.3) is 29.4 Å². The Balaban J connectivity index is 0.000000144. The van der Waals surface area contributed by atoms with E-state index in [0.29, 0.717) is 101 Å². The standard InChI is InChI=1S/C25H24Cl2N6O2.C24H25ClN6O4.C22H18ClF3N6O3.C20H19ClN6O2/c1-11-9-29-18(13(3)21(11)35-4)10-33-23-20(22(27)31-25(28)32-23)14(24(33)34)8-17-12(2)19-15(26)6-5-7-16(19)30-17;1-6-35-23(33)15-9-28-16(12(15)3)7-14-18-20(25)29-24(26)30-21(18)31(22(14)32)10-17-13(4)19(34-5)11(2)8-27-17;1-9-7-28-14(10(2)16(9)35-3)8-32-19-15(18(23)30-21(27)31-19)12(20(32)34)6-11-4-5-13(29-11)17(33)22(24,25)26;1-10-8-24-14(11(2)16(10)29-3)9-27-18-15(17(21)25-20(22)26-18)13(19(27)28)7-12-5-4-6-23-12/h6,8-9,30H,5,7,10H2,1-4H3,(H2,28,31,32);7-9,28H,6,10H2,1-5H3,(H2,26,29,30);4-7,29H,8H2,1-3H3,(H2,27,30,31);4-8,23H,9H2,1-3H3,(H2,22,25,26)/b14-8-;14-7-;12-6-;13-7-. The van der Waals surface area contributed by atoms with Crippen LogP contribution in [0.15, 0.2) is 67.5 Å². The summed E-state index contributed by atoms with van der Waals surface area (Å²) in [5.74, 6) is -0.233. The lowest BCUT2D eigenvalue weighted by Crippen LogP contribution is -2.27. The number of hydrogen-bond acceptors (Lipinski definition) is 27. The zero-order valence-electron chi connectivity index (χ0n) is 74.6. The van der Waals surface area contributed by atoms with Crippen LogP contribution < -0.4 is 61.5 Å². The van der Waals surface area contributed by atoms with Crippen LogP contribution in [0.5, 0.6) is 23.0 Å². The number of rotatable bonds is 19. The van der Waals surface area contributed by atoms with Gasteiger partial charge in [0.05, 0.1) is 140 Å². The second kappa shape index (κ2) is 38.7. The number of aryl methyl sites for hydroxylation is 5. The van der Waals surface area contributed by atoms with Crippen molar-refractivity contribution in [2.75, 3.05) is 77.6 Å². The number of methoxy groups -OCH3 is 4. The smallest absolute Gasteiger partial charge is 0.456 e. The molecule has 0 saturated carbocycles. The first-order valence-corrected chi connectivity index (χ1v) is 42.9. The van der Waals surface area contributed by atoms with Gasteiger partial charge in [-0.15, -0.1) is 0 Å². The fraction of sp³-hybridized carbons (Fsp3) is 0.253. The number of esters is 1. The molecule has 35 nitrogen and oxygen atoms in total. The van der Waals surface area contributed by atoms with E-state index in [4.69, 9.17) is 105 Å². The Hall–Kier alpha value is -14.6. The molecule has 0 aromatic carbocycles. The molecule has 0 saturated heterocycles. The van der Waals surface area contributed by atoms with E-state index in [2.05, 4.69) is 79.7 Å². The van der Waals surface area contributed by atoms with Crippen molar-refractivity contribution in [2.45, 2.75) is 121 Å². The second-order valence-corrected chi connectivity index (χ2v) is 33.0. The number of amides is 4. The zero-order valence-corrected chi connectivity index (χ0v) is 78.4. The van der Waals surface area contributed by atoms with Crippen LogP contribution in [0.25, 0.3) is 51.6 Å². The summed E-state index contributed by atoms with van der Waals surface area (Å²) < 4.78 is 65.3. The van der Waals surface area contributed by atoms with Crippen molar-refractivity contribution in [2.24, 2.45) is 0 Å². The maximum absolute atomic E-state index is 13.8. The van der Waals surface area contributed by atoms with Crippen molar-refractivity contribution in [1.29, 1.82) is 0 Å². The maximum Gasteiger partial charge on any atom is 0.456 e. The molecule has 16 heterocycles. The maximum atomic E-state index is 13.8. The van der Waals surface area contributed by atoms with Crippen molar-refractivity contribution >= 4 is 192 Å². The van der Waals surface area contributed by atoms with Gasteiger partial charge < -0.3 is 66.6 Å². The van der Waals surface area contributed by atoms with Crippen LogP contribution in [0.3, 0.4) is 0 Å². The number of ketones is 1. The van der Waals surface area contributed by atoms with Crippen molar-refractivity contribution in [3.63, 3.8) is 0 Å². The van der Waals surface area contributed by atoms with Crippen LogP contribution in [-0.4, -0.2) is 156 Å². The predicted molar refractivity (Wildman–Crippen MR) is 504 cm³/mol. The highest BCUT2D eigenvalue weighted by Crippen LogP contribution is 2.48. The monoisotopic (exact) mass is 1920 g/mol. The number of halogens is 8. The SMILES string of the molecule is CCOC(=O)c1c[nH]c(/C=C2\C(=O)N(Cc3ncc(C)c(OC)c3C)c3nc(N)nc(Cl)c32)c1C.COc1c(C)cnc(CN2C(=O)/C(=C\c3[nH]c4c(c3C)C(Cl)=CCC4)c3c(Cl)nc(N)nc32)c1C.COc1c(C)cnc(CN2C(=O)/C(=C\c3ccc(C(=O)C(F)(F)F)[nH]3)c3c(Cl)nc(N)nc32)c1C.COc1c(C)cnc(CN2C(=O)/C(=C\c3ccc[nH]3)c3c(Cl)nc(N)nc32)c1C. The summed E-state index contributed by atoms with van der Waals surface area (Å²) in [5, 5.41) is 0.905. The molecule has 0 fully saturated rings. The molecule has 134 heavy (non-hydrogen) atoms. The number of nitrogens with zero attached hydrogens (tertiary/aromatic N) is 16. The number of anilines is 8. The van der Waals surface area contributed by atoms with Gasteiger partial charge in [0.2, 0.25) is 23.8 Å². The van der Waals surface area contributed by atoms with Crippen LogP contribution in [0.1, 0.15) is 169 Å². The summed E-state index contributed by atoms with van der Waals surface area (Å²) >= 11 is 32.0. The molecule has 12 aromatic heterocycles. The molecule has 692 valence electrons. The number of Topliss-reactive ketones (excluding diaryl/α,β-unsaturated/α-hetero) is 1. The highest BCUT2D eigenvalue weighted by Gasteiger charge is 2.45. The number of carbonyl (C=O) groups is 6. The average Bonchev–Trinajstić information content (AvgIpc) is 1.61. The van der Waals surface area contributed by atoms with Crippen molar-refractivity contribution < 1.29 is 65.6 Å². The van der Waals surface area contributed by atoms with E-state index in [-0.39, 0.29) is 129 Å². The first kappa shape index (κ1) is 95.5. The van der Waals surface area contributed by atoms with E-state index in [1.807, 2.05) is 73.6 Å². The Morgan fingerprint density at radius 3 is 1.15 bits per heavy atom. The average molecular weight is 1930 g/mol. The molecule has 12 N–H and O–H groups in total. The number of allylic oxidation sites excluding steroid dienone is 1. The molecule has 0 unspecified atom stereocenters. The number of H-pyrrole nitrogens is 4. The van der Waals surface area contributed by atoms with E-state index in [1.54, 1.807) is 97.5 Å². The van der Waals surface area contributed by atoms with Crippen molar-refractivity contribution in [1.82, 2.24) is 79.7 Å². The number of aromatic nitrogens is 16. The number of alkyl halides is 3. The van der Waals surface area contributed by atoms with Gasteiger partial charge in [-0.05, 0) is 149 Å². The molecule has 1 aliphatic carbocycles. The quantitative estimate of drug-likeness (QED) is 0.0161. The van der Waals surface area contributed by atoms with Gasteiger partial charge in [0.15, 0.2) is 23.3 Å². The lowest BCUT2D eigenvalue weighted by molar-refractivity contribution is -0.113. The Morgan fingerprint density at radius 1 is 0.455 bits per heavy atom. The van der Waals surface area contributed by atoms with Crippen LogP contribution in [0.4, 0.5) is 60.2 Å². The highest BCUT2D eigenvalue weighted by molar-refractivity contribution is 6.49. The van der Waals surface area contributed by atoms with Gasteiger partial charge in [-0.2, -0.15) is 33.1 Å². The van der Waals surface area contributed by atoms with Crippen molar-refractivity contribution in [3.8, 4) is 23.0 Å². The van der Waals surface area contributed by atoms with Gasteiger partial charge >= 0.3 is 12.1 Å². The fourth-order valence-corrected chi connectivity index (χ4v) is 17.6. The minimum Gasteiger partial charge on any atom is -0.496 e.